The predicted molar refractivity (Wildman–Crippen MR) is 42.2 cm³/mol. The maximum Gasteiger partial charge on any atom is 0.171 e. The van der Waals surface area contributed by atoms with Crippen molar-refractivity contribution in [3.05, 3.63) is 12.2 Å². The van der Waals surface area contributed by atoms with Crippen LogP contribution in [0.25, 0.3) is 0 Å². The van der Waals surface area contributed by atoms with Crippen molar-refractivity contribution in [1.82, 2.24) is 0 Å². The second-order valence-electron chi connectivity index (χ2n) is 3.47. The second kappa shape index (κ2) is 2.32. The first kappa shape index (κ1) is 7.32. The van der Waals surface area contributed by atoms with E-state index < -0.39 is 0 Å². The summed E-state index contributed by atoms with van der Waals surface area (Å²) in [5.41, 5.74) is 0. The average Bonchev–Trinajstić information content (AvgIpc) is 2.25. The van der Waals surface area contributed by atoms with Gasteiger partial charge in [0.2, 0.25) is 0 Å². The number of ether oxygens (including phenoxy) is 2. The van der Waals surface area contributed by atoms with Gasteiger partial charge in [0.1, 0.15) is 0 Å². The Morgan fingerprint density at radius 2 is 2.45 bits per heavy atom. The van der Waals surface area contributed by atoms with Gasteiger partial charge in [0.25, 0.3) is 0 Å². The second-order valence-corrected chi connectivity index (χ2v) is 3.47. The molecule has 2 bridgehead atoms. The Labute approximate surface area is 67.2 Å². The minimum absolute atomic E-state index is 0.350. The third-order valence-electron chi connectivity index (χ3n) is 2.76. The van der Waals surface area contributed by atoms with Crippen LogP contribution in [0.2, 0.25) is 0 Å². The van der Waals surface area contributed by atoms with Gasteiger partial charge in [-0.05, 0) is 19.8 Å². The smallest absolute Gasteiger partial charge is 0.171 e. The van der Waals surface area contributed by atoms with Gasteiger partial charge in [0.05, 0.1) is 6.10 Å². The van der Waals surface area contributed by atoms with Gasteiger partial charge in [-0.25, -0.2) is 0 Å². The van der Waals surface area contributed by atoms with Crippen LogP contribution in [0.1, 0.15) is 19.8 Å². The van der Waals surface area contributed by atoms with Crippen LogP contribution in [0.3, 0.4) is 0 Å². The fourth-order valence-corrected chi connectivity index (χ4v) is 1.96. The topological polar surface area (TPSA) is 18.5 Å². The molecule has 0 aromatic rings. The molecule has 11 heavy (non-hydrogen) atoms. The highest BCUT2D eigenvalue weighted by Gasteiger charge is 2.45. The lowest BCUT2D eigenvalue weighted by molar-refractivity contribution is -0.208. The Kier molecular flexibility index (Phi) is 1.55. The fourth-order valence-electron chi connectivity index (χ4n) is 1.96. The number of methoxy groups -OCH3 is 1. The molecule has 1 saturated heterocycles. The molecule has 0 N–H and O–H groups in total. The van der Waals surface area contributed by atoms with E-state index in [0.717, 1.165) is 12.8 Å². The van der Waals surface area contributed by atoms with Gasteiger partial charge in [0, 0.05) is 13.0 Å². The Bertz CT molecular complexity index is 188. The van der Waals surface area contributed by atoms with E-state index >= 15 is 0 Å². The summed E-state index contributed by atoms with van der Waals surface area (Å²) in [6.45, 7) is 2.02. The first-order valence-corrected chi connectivity index (χ1v) is 4.14. The molecule has 0 spiro atoms. The third kappa shape index (κ3) is 1.01. The molecule has 0 saturated carbocycles. The van der Waals surface area contributed by atoms with Gasteiger partial charge in [-0.15, -0.1) is 0 Å². The summed E-state index contributed by atoms with van der Waals surface area (Å²) in [4.78, 5) is 0. The lowest BCUT2D eigenvalue weighted by Gasteiger charge is -2.26. The number of rotatable bonds is 1. The molecule has 2 rings (SSSR count). The van der Waals surface area contributed by atoms with E-state index in [1.54, 1.807) is 7.11 Å². The summed E-state index contributed by atoms with van der Waals surface area (Å²) < 4.78 is 11.1. The van der Waals surface area contributed by atoms with Crippen LogP contribution in [0.5, 0.6) is 0 Å². The van der Waals surface area contributed by atoms with E-state index in [0.29, 0.717) is 12.0 Å². The van der Waals surface area contributed by atoms with Gasteiger partial charge in [-0.2, -0.15) is 0 Å². The van der Waals surface area contributed by atoms with E-state index in [1.165, 1.54) is 0 Å². The summed E-state index contributed by atoms with van der Waals surface area (Å²) in [5, 5.41) is 0. The van der Waals surface area contributed by atoms with Crippen molar-refractivity contribution < 1.29 is 9.47 Å². The van der Waals surface area contributed by atoms with Crippen LogP contribution in [-0.4, -0.2) is 19.0 Å². The molecule has 3 atom stereocenters. The molecule has 62 valence electrons. The van der Waals surface area contributed by atoms with Crippen molar-refractivity contribution in [2.75, 3.05) is 7.11 Å². The van der Waals surface area contributed by atoms with Crippen LogP contribution < -0.4 is 0 Å². The lowest BCUT2D eigenvalue weighted by Crippen LogP contribution is -2.32. The maximum atomic E-state index is 5.74. The van der Waals surface area contributed by atoms with Crippen molar-refractivity contribution in [2.24, 2.45) is 5.92 Å². The predicted octanol–water partition coefficient (Wildman–Crippen LogP) is 1.71. The van der Waals surface area contributed by atoms with Crippen molar-refractivity contribution in [1.29, 1.82) is 0 Å². The highest BCUT2D eigenvalue weighted by atomic mass is 16.7. The quantitative estimate of drug-likeness (QED) is 0.535. The summed E-state index contributed by atoms with van der Waals surface area (Å²) in [7, 11) is 1.72. The SMILES string of the molecule is CO[C@@]1(C)O[C@H]2CC=C[C@@H]1C2. The van der Waals surface area contributed by atoms with Crippen LogP contribution in [0.15, 0.2) is 12.2 Å². The van der Waals surface area contributed by atoms with Crippen molar-refractivity contribution in [3.8, 4) is 0 Å². The number of fused-ring (bicyclic) bond motifs is 2. The van der Waals surface area contributed by atoms with E-state index in [2.05, 4.69) is 12.2 Å². The largest absolute Gasteiger partial charge is 0.353 e. The molecule has 1 aliphatic heterocycles. The van der Waals surface area contributed by atoms with Crippen molar-refractivity contribution in [2.45, 2.75) is 31.7 Å². The zero-order valence-electron chi connectivity index (χ0n) is 7.04. The van der Waals surface area contributed by atoms with Crippen molar-refractivity contribution >= 4 is 0 Å². The lowest BCUT2D eigenvalue weighted by atomic mass is 9.92. The van der Waals surface area contributed by atoms with E-state index in [9.17, 15) is 0 Å². The highest BCUT2D eigenvalue weighted by Crippen LogP contribution is 2.41. The number of hydrogen-bond acceptors (Lipinski definition) is 2. The Morgan fingerprint density at radius 1 is 1.64 bits per heavy atom. The summed E-state index contributed by atoms with van der Waals surface area (Å²) in [5.74, 6) is 0.115. The molecular weight excluding hydrogens is 140 g/mol. The summed E-state index contributed by atoms with van der Waals surface area (Å²) >= 11 is 0. The molecule has 2 heteroatoms. The molecule has 2 nitrogen and oxygen atoms in total. The standard InChI is InChI=1S/C9H14O2/c1-9(10-2)7-4-3-5-8(6-7)11-9/h3-4,7-8H,5-6H2,1-2H3/t7-,8+,9+/m1/s1. The molecule has 0 amide bonds. The van der Waals surface area contributed by atoms with Gasteiger partial charge >= 0.3 is 0 Å². The Balaban J connectivity index is 2.22. The van der Waals surface area contributed by atoms with Gasteiger partial charge in [0.15, 0.2) is 5.79 Å². The van der Waals surface area contributed by atoms with E-state index in [4.69, 9.17) is 9.47 Å². The normalized spacial score (nSPS) is 48.2. The summed E-state index contributed by atoms with van der Waals surface area (Å²) in [6.07, 6.45) is 6.99. The molecule has 0 unspecified atom stereocenters. The molecular formula is C9H14O2. The zero-order valence-corrected chi connectivity index (χ0v) is 7.04. The first-order chi connectivity index (χ1) is 5.24. The van der Waals surface area contributed by atoms with E-state index in [1.807, 2.05) is 6.92 Å². The zero-order chi connectivity index (χ0) is 7.90. The molecule has 0 aromatic heterocycles. The van der Waals surface area contributed by atoms with Gasteiger partial charge in [-0.1, -0.05) is 12.2 Å². The van der Waals surface area contributed by atoms with Crippen LogP contribution >= 0.6 is 0 Å². The summed E-state index contributed by atoms with van der Waals surface area (Å²) in [6, 6.07) is 0. The van der Waals surface area contributed by atoms with Crippen LogP contribution in [0, 0.1) is 5.92 Å². The molecule has 2 aliphatic rings. The van der Waals surface area contributed by atoms with Crippen LogP contribution in [0.4, 0.5) is 0 Å². The van der Waals surface area contributed by atoms with Gasteiger partial charge in [-0.3, -0.25) is 0 Å². The monoisotopic (exact) mass is 154 g/mol. The van der Waals surface area contributed by atoms with Crippen molar-refractivity contribution in [3.63, 3.8) is 0 Å². The number of hydrogen-bond donors (Lipinski definition) is 0. The minimum Gasteiger partial charge on any atom is -0.353 e. The Hall–Kier alpha value is -0.340. The first-order valence-electron chi connectivity index (χ1n) is 4.14. The Morgan fingerprint density at radius 3 is 3.09 bits per heavy atom. The molecule has 0 aromatic carbocycles. The van der Waals surface area contributed by atoms with E-state index in [-0.39, 0.29) is 5.79 Å². The minimum atomic E-state index is -0.350. The fraction of sp³-hybridized carbons (Fsp3) is 0.778. The highest BCUT2D eigenvalue weighted by molar-refractivity contribution is 5.06. The molecule has 1 aliphatic carbocycles. The molecule has 1 heterocycles. The maximum absolute atomic E-state index is 5.74. The molecule has 1 fully saturated rings. The van der Waals surface area contributed by atoms with Gasteiger partial charge < -0.3 is 9.47 Å². The average molecular weight is 154 g/mol. The molecule has 0 radical (unpaired) electrons. The third-order valence-corrected chi connectivity index (χ3v) is 2.76. The van der Waals surface area contributed by atoms with Crippen LogP contribution in [-0.2, 0) is 9.47 Å².